The molecule has 140 valence electrons. The number of aromatic amines is 1. The average Bonchev–Trinajstić information content (AvgIpc) is 2.99. The summed E-state index contributed by atoms with van der Waals surface area (Å²) in [5, 5.41) is 0.834. The minimum atomic E-state index is -3.73. The quantitative estimate of drug-likeness (QED) is 0.704. The number of ketones is 1. The van der Waals surface area contributed by atoms with Gasteiger partial charge in [0.15, 0.2) is 5.78 Å². The number of carbonyl (C=O) groups excluding carboxylic acids is 1. The Morgan fingerprint density at radius 2 is 1.96 bits per heavy atom. The van der Waals surface area contributed by atoms with Crippen LogP contribution >= 0.6 is 0 Å². The second-order valence-electron chi connectivity index (χ2n) is 7.09. The zero-order chi connectivity index (χ0) is 19.2. The first-order valence-electron chi connectivity index (χ1n) is 9.19. The van der Waals surface area contributed by atoms with E-state index in [4.69, 9.17) is 0 Å². The molecule has 0 saturated carbocycles. The van der Waals surface area contributed by atoms with Gasteiger partial charge in [0.1, 0.15) is 0 Å². The van der Waals surface area contributed by atoms with Gasteiger partial charge in [0.05, 0.1) is 4.90 Å². The summed E-state index contributed by atoms with van der Waals surface area (Å²) < 4.78 is 28.8. The first kappa shape index (κ1) is 17.8. The Kier molecular flexibility index (Phi) is 4.30. The minimum absolute atomic E-state index is 0.137. The van der Waals surface area contributed by atoms with E-state index in [9.17, 15) is 13.2 Å². The lowest BCUT2D eigenvalue weighted by molar-refractivity contribution is 0.0974. The van der Waals surface area contributed by atoms with Gasteiger partial charge in [-0.15, -0.1) is 0 Å². The van der Waals surface area contributed by atoms with Crippen molar-refractivity contribution in [3.8, 4) is 0 Å². The molecule has 1 aliphatic rings. The van der Waals surface area contributed by atoms with Crippen molar-refractivity contribution in [1.29, 1.82) is 0 Å². The molecule has 0 spiro atoms. The number of sulfonamides is 1. The predicted octanol–water partition coefficient (Wildman–Crippen LogP) is 4.36. The molecular weight excluding hydrogens is 360 g/mol. The number of H-pyrrole nitrogens is 1. The summed E-state index contributed by atoms with van der Waals surface area (Å²) in [7, 11) is -3.73. The molecule has 0 unspecified atom stereocenters. The van der Waals surface area contributed by atoms with Crippen molar-refractivity contribution in [2.75, 3.05) is 4.72 Å². The van der Waals surface area contributed by atoms with E-state index in [1.807, 2.05) is 32.0 Å². The summed E-state index contributed by atoms with van der Waals surface area (Å²) >= 11 is 0. The van der Waals surface area contributed by atoms with Crippen LogP contribution in [-0.4, -0.2) is 19.2 Å². The molecule has 3 aromatic rings. The van der Waals surface area contributed by atoms with Crippen molar-refractivity contribution in [2.45, 2.75) is 44.4 Å². The minimum Gasteiger partial charge on any atom is -0.358 e. The van der Waals surface area contributed by atoms with E-state index in [2.05, 4.69) is 9.71 Å². The maximum Gasteiger partial charge on any atom is 0.262 e. The van der Waals surface area contributed by atoms with Gasteiger partial charge in [0.2, 0.25) is 0 Å². The zero-order valence-corrected chi connectivity index (χ0v) is 16.2. The van der Waals surface area contributed by atoms with Crippen molar-refractivity contribution in [1.82, 2.24) is 4.98 Å². The van der Waals surface area contributed by atoms with Crippen molar-refractivity contribution in [3.05, 3.63) is 58.8 Å². The van der Waals surface area contributed by atoms with E-state index in [0.29, 0.717) is 29.6 Å². The number of Topliss-reactive ketones (excluding diaryl/α,β-unsaturated/α-hetero) is 1. The summed E-state index contributed by atoms with van der Waals surface area (Å²) in [6.45, 7) is 3.84. The average molecular weight is 382 g/mol. The molecule has 0 radical (unpaired) electrons. The molecule has 0 bridgehead atoms. The van der Waals surface area contributed by atoms with Crippen LogP contribution in [0.2, 0.25) is 0 Å². The van der Waals surface area contributed by atoms with Crippen LogP contribution < -0.4 is 4.72 Å². The van der Waals surface area contributed by atoms with E-state index in [1.54, 1.807) is 18.2 Å². The Labute approximate surface area is 158 Å². The highest BCUT2D eigenvalue weighted by Gasteiger charge is 2.25. The maximum absolute atomic E-state index is 13.1. The molecule has 0 aliphatic heterocycles. The number of aryl methyl sites for hydroxylation is 3. The Bertz CT molecular complexity index is 1160. The lowest BCUT2D eigenvalue weighted by Gasteiger charge is -2.13. The normalized spacial score (nSPS) is 14.4. The second-order valence-corrected chi connectivity index (χ2v) is 8.74. The molecule has 2 N–H and O–H groups in total. The van der Waals surface area contributed by atoms with Gasteiger partial charge in [0.25, 0.3) is 10.0 Å². The van der Waals surface area contributed by atoms with Crippen LogP contribution in [0.25, 0.3) is 10.9 Å². The first-order chi connectivity index (χ1) is 12.9. The molecule has 0 fully saturated rings. The second kappa shape index (κ2) is 6.53. The topological polar surface area (TPSA) is 79.0 Å². The summed E-state index contributed by atoms with van der Waals surface area (Å²) in [5.74, 6) is 0.137. The van der Waals surface area contributed by atoms with Gasteiger partial charge >= 0.3 is 0 Å². The van der Waals surface area contributed by atoms with E-state index >= 15 is 0 Å². The molecule has 4 rings (SSSR count). The molecule has 0 amide bonds. The van der Waals surface area contributed by atoms with Gasteiger partial charge in [-0.3, -0.25) is 9.52 Å². The number of rotatable bonds is 4. The first-order valence-corrected chi connectivity index (χ1v) is 10.7. The maximum atomic E-state index is 13.1. The number of fused-ring (bicyclic) bond motifs is 3. The summed E-state index contributed by atoms with van der Waals surface area (Å²) in [6, 6.07) is 10.8. The van der Waals surface area contributed by atoms with Crippen molar-refractivity contribution in [3.63, 3.8) is 0 Å². The van der Waals surface area contributed by atoms with Crippen molar-refractivity contribution < 1.29 is 13.2 Å². The molecule has 1 aliphatic carbocycles. The molecule has 1 heterocycles. The number of anilines is 1. The molecule has 6 heteroatoms. The fraction of sp³-hybridized carbons (Fsp3) is 0.286. The third-order valence-electron chi connectivity index (χ3n) is 5.11. The van der Waals surface area contributed by atoms with Crippen molar-refractivity contribution in [2.24, 2.45) is 0 Å². The Balaban J connectivity index is 1.84. The molecule has 2 aromatic carbocycles. The van der Waals surface area contributed by atoms with Crippen LogP contribution in [0.15, 0.2) is 41.3 Å². The lowest BCUT2D eigenvalue weighted by atomic mass is 9.94. The number of hydrogen-bond acceptors (Lipinski definition) is 3. The van der Waals surface area contributed by atoms with E-state index in [1.165, 1.54) is 0 Å². The van der Waals surface area contributed by atoms with Crippen LogP contribution in [-0.2, 0) is 22.9 Å². The number of carbonyl (C=O) groups is 1. The summed E-state index contributed by atoms with van der Waals surface area (Å²) in [4.78, 5) is 15.9. The largest absolute Gasteiger partial charge is 0.358 e. The molecule has 0 saturated heterocycles. The number of benzene rings is 2. The van der Waals surface area contributed by atoms with Gasteiger partial charge < -0.3 is 4.98 Å². The van der Waals surface area contributed by atoms with Crippen LogP contribution in [0.1, 0.15) is 46.9 Å². The highest BCUT2D eigenvalue weighted by molar-refractivity contribution is 7.92. The zero-order valence-electron chi connectivity index (χ0n) is 15.4. The number of nitrogens with one attached hydrogen (secondary N) is 2. The monoisotopic (exact) mass is 382 g/mol. The third kappa shape index (κ3) is 3.14. The van der Waals surface area contributed by atoms with Crippen LogP contribution in [0.4, 0.5) is 5.69 Å². The Morgan fingerprint density at radius 3 is 2.70 bits per heavy atom. The predicted molar refractivity (Wildman–Crippen MR) is 107 cm³/mol. The Hall–Kier alpha value is -2.60. The third-order valence-corrected chi connectivity index (χ3v) is 6.57. The fourth-order valence-corrected chi connectivity index (χ4v) is 5.19. The molecule has 1 aromatic heterocycles. The molecule has 5 nitrogen and oxygen atoms in total. The van der Waals surface area contributed by atoms with Gasteiger partial charge in [-0.2, -0.15) is 0 Å². The van der Waals surface area contributed by atoms with Crippen LogP contribution in [0, 0.1) is 6.92 Å². The SMILES string of the molecule is CCc1cc2c3c([nH]c2cc1S(=O)(=O)Nc1cccc(C)c1)CCCC3=O. The van der Waals surface area contributed by atoms with Crippen LogP contribution in [0.5, 0.6) is 0 Å². The smallest absolute Gasteiger partial charge is 0.262 e. The Morgan fingerprint density at radius 1 is 1.15 bits per heavy atom. The molecular formula is C21H22N2O3S. The van der Waals surface area contributed by atoms with Crippen molar-refractivity contribution >= 4 is 32.4 Å². The van der Waals surface area contributed by atoms with Gasteiger partial charge in [-0.1, -0.05) is 19.1 Å². The van der Waals surface area contributed by atoms with E-state index in [-0.39, 0.29) is 10.7 Å². The lowest BCUT2D eigenvalue weighted by Crippen LogP contribution is -2.15. The van der Waals surface area contributed by atoms with E-state index < -0.39 is 10.0 Å². The summed E-state index contributed by atoms with van der Waals surface area (Å²) in [6.07, 6.45) is 2.77. The van der Waals surface area contributed by atoms with E-state index in [0.717, 1.165) is 35.0 Å². The number of hydrogen-bond donors (Lipinski definition) is 2. The van der Waals surface area contributed by atoms with Gasteiger partial charge in [-0.25, -0.2) is 8.42 Å². The number of aromatic nitrogens is 1. The highest BCUT2D eigenvalue weighted by atomic mass is 32.2. The summed E-state index contributed by atoms with van der Waals surface area (Å²) in [5.41, 5.74) is 4.60. The highest BCUT2D eigenvalue weighted by Crippen LogP contribution is 2.33. The van der Waals surface area contributed by atoms with Gasteiger partial charge in [0, 0.05) is 34.3 Å². The molecule has 27 heavy (non-hydrogen) atoms. The van der Waals surface area contributed by atoms with Crippen LogP contribution in [0.3, 0.4) is 0 Å². The van der Waals surface area contributed by atoms with Gasteiger partial charge in [-0.05, 0) is 61.6 Å². The molecule has 0 atom stereocenters. The standard InChI is InChI=1S/C21H22N2O3S/c1-3-14-11-16-18(22-17-8-5-9-19(24)21(16)17)12-20(14)27(25,26)23-15-7-4-6-13(2)10-15/h4,6-7,10-12,22-23H,3,5,8-9H2,1-2H3. The fourth-order valence-electron chi connectivity index (χ4n) is 3.82.